The van der Waals surface area contributed by atoms with Gasteiger partial charge in [0.05, 0.1) is 18.8 Å². The van der Waals surface area contributed by atoms with Crippen molar-refractivity contribution in [3.8, 4) is 5.75 Å². The highest BCUT2D eigenvalue weighted by Gasteiger charge is 2.24. The molecule has 1 saturated heterocycles. The lowest BCUT2D eigenvalue weighted by Crippen LogP contribution is -2.25. The molecule has 106 valence electrons. The van der Waals surface area contributed by atoms with Crippen LogP contribution in [-0.4, -0.2) is 39.5 Å². The molecule has 0 radical (unpaired) electrons. The van der Waals surface area contributed by atoms with Crippen LogP contribution in [0, 0.1) is 0 Å². The molecule has 0 amide bonds. The minimum absolute atomic E-state index is 0.212. The molecule has 2 atom stereocenters. The molecule has 2 rings (SSSR count). The van der Waals surface area contributed by atoms with E-state index in [0.29, 0.717) is 19.3 Å². The second-order valence-corrected chi connectivity index (χ2v) is 4.91. The largest absolute Gasteiger partial charge is 0.491 e. The molecule has 0 saturated carbocycles. The molecule has 1 heterocycles. The molecule has 0 aliphatic carbocycles. The van der Waals surface area contributed by atoms with Gasteiger partial charge in [0, 0.05) is 13.7 Å². The van der Waals surface area contributed by atoms with Crippen molar-refractivity contribution < 1.29 is 14.2 Å². The van der Waals surface area contributed by atoms with Gasteiger partial charge in [0.2, 0.25) is 0 Å². The molecule has 1 fully saturated rings. The quantitative estimate of drug-likeness (QED) is 0.818. The molecule has 0 bridgehead atoms. The third-order valence-corrected chi connectivity index (χ3v) is 3.27. The molecule has 1 aliphatic rings. The topological polar surface area (TPSA) is 39.7 Å². The van der Waals surface area contributed by atoms with Gasteiger partial charge in [0.1, 0.15) is 12.4 Å². The number of hydrogen-bond donors (Lipinski definition) is 1. The van der Waals surface area contributed by atoms with Crippen LogP contribution in [0.4, 0.5) is 0 Å². The zero-order valence-electron chi connectivity index (χ0n) is 11.7. The lowest BCUT2D eigenvalue weighted by molar-refractivity contribution is 0.0193. The van der Waals surface area contributed by atoms with Crippen molar-refractivity contribution in [3.05, 3.63) is 29.8 Å². The van der Waals surface area contributed by atoms with Crippen LogP contribution in [0.2, 0.25) is 0 Å². The summed E-state index contributed by atoms with van der Waals surface area (Å²) in [7, 11) is 3.65. The average molecular weight is 265 g/mol. The maximum absolute atomic E-state index is 5.89. The summed E-state index contributed by atoms with van der Waals surface area (Å²) in [6.07, 6.45) is 2.73. The van der Waals surface area contributed by atoms with Crippen LogP contribution in [-0.2, 0) is 16.1 Å². The first kappa shape index (κ1) is 14.3. The van der Waals surface area contributed by atoms with Crippen LogP contribution >= 0.6 is 0 Å². The van der Waals surface area contributed by atoms with Crippen molar-refractivity contribution in [1.82, 2.24) is 5.32 Å². The molecule has 0 aromatic heterocycles. The summed E-state index contributed by atoms with van der Waals surface area (Å²) in [5.74, 6) is 0.884. The third-order valence-electron chi connectivity index (χ3n) is 3.27. The van der Waals surface area contributed by atoms with E-state index in [4.69, 9.17) is 14.2 Å². The standard InChI is InChI=1S/C15H23NO3/c1-16-9-14-6-7-15(19-14)11-18-13-5-3-4-12(8-13)10-17-2/h3-5,8,14-16H,6-7,9-11H2,1-2H3. The van der Waals surface area contributed by atoms with E-state index in [0.717, 1.165) is 30.7 Å². The highest BCUT2D eigenvalue weighted by Crippen LogP contribution is 2.21. The van der Waals surface area contributed by atoms with Gasteiger partial charge in [-0.1, -0.05) is 12.1 Å². The van der Waals surface area contributed by atoms with Gasteiger partial charge in [0.15, 0.2) is 0 Å². The maximum atomic E-state index is 5.89. The van der Waals surface area contributed by atoms with Gasteiger partial charge in [-0.2, -0.15) is 0 Å². The highest BCUT2D eigenvalue weighted by molar-refractivity contribution is 5.28. The number of nitrogens with one attached hydrogen (secondary N) is 1. The minimum Gasteiger partial charge on any atom is -0.491 e. The molecule has 1 N–H and O–H groups in total. The van der Waals surface area contributed by atoms with Gasteiger partial charge >= 0.3 is 0 Å². The van der Waals surface area contributed by atoms with Crippen molar-refractivity contribution in [2.45, 2.75) is 31.7 Å². The lowest BCUT2D eigenvalue weighted by Gasteiger charge is -2.14. The number of likely N-dealkylation sites (N-methyl/N-ethyl adjacent to an activating group) is 1. The Morgan fingerprint density at radius 1 is 1.32 bits per heavy atom. The summed E-state index contributed by atoms with van der Waals surface area (Å²) < 4.78 is 16.8. The fourth-order valence-corrected chi connectivity index (χ4v) is 2.36. The van der Waals surface area contributed by atoms with E-state index in [9.17, 15) is 0 Å². The number of methoxy groups -OCH3 is 1. The van der Waals surface area contributed by atoms with E-state index < -0.39 is 0 Å². The Balaban J connectivity index is 1.77. The first-order valence-corrected chi connectivity index (χ1v) is 6.82. The predicted molar refractivity (Wildman–Crippen MR) is 74.5 cm³/mol. The summed E-state index contributed by atoms with van der Waals surface area (Å²) in [4.78, 5) is 0. The van der Waals surface area contributed by atoms with Crippen LogP contribution in [0.25, 0.3) is 0 Å². The first-order chi connectivity index (χ1) is 9.31. The third kappa shape index (κ3) is 4.49. The molecule has 4 nitrogen and oxygen atoms in total. The molecule has 2 unspecified atom stereocenters. The number of benzene rings is 1. The van der Waals surface area contributed by atoms with Crippen LogP contribution < -0.4 is 10.1 Å². The van der Waals surface area contributed by atoms with Gasteiger partial charge in [-0.15, -0.1) is 0 Å². The van der Waals surface area contributed by atoms with E-state index in [1.54, 1.807) is 7.11 Å². The minimum atomic E-state index is 0.212. The summed E-state index contributed by atoms with van der Waals surface area (Å²) in [6.45, 7) is 2.15. The van der Waals surface area contributed by atoms with Gasteiger partial charge in [0.25, 0.3) is 0 Å². The van der Waals surface area contributed by atoms with Crippen molar-refractivity contribution in [2.75, 3.05) is 27.3 Å². The molecule has 19 heavy (non-hydrogen) atoms. The predicted octanol–water partition coefficient (Wildman–Crippen LogP) is 1.98. The van der Waals surface area contributed by atoms with Gasteiger partial charge in [-0.05, 0) is 37.6 Å². The number of hydrogen-bond acceptors (Lipinski definition) is 4. The Kier molecular flexibility index (Phi) is 5.63. The summed E-state index contributed by atoms with van der Waals surface area (Å²) in [5, 5.41) is 3.15. The van der Waals surface area contributed by atoms with Crippen molar-refractivity contribution in [2.24, 2.45) is 0 Å². The zero-order valence-corrected chi connectivity index (χ0v) is 11.7. The zero-order chi connectivity index (χ0) is 13.5. The molecule has 1 aromatic carbocycles. The van der Waals surface area contributed by atoms with Gasteiger partial charge in [-0.3, -0.25) is 0 Å². The van der Waals surface area contributed by atoms with E-state index in [2.05, 4.69) is 5.32 Å². The summed E-state index contributed by atoms with van der Waals surface area (Å²) in [5.41, 5.74) is 1.13. The summed E-state index contributed by atoms with van der Waals surface area (Å²) >= 11 is 0. The van der Waals surface area contributed by atoms with Gasteiger partial charge in [-0.25, -0.2) is 0 Å². The summed E-state index contributed by atoms with van der Waals surface area (Å²) in [6, 6.07) is 8.01. The van der Waals surface area contributed by atoms with E-state index in [1.807, 2.05) is 31.3 Å². The fraction of sp³-hybridized carbons (Fsp3) is 0.600. The number of rotatable bonds is 7. The van der Waals surface area contributed by atoms with Crippen LogP contribution in [0.1, 0.15) is 18.4 Å². The normalized spacial score (nSPS) is 22.6. The van der Waals surface area contributed by atoms with Crippen LogP contribution in [0.15, 0.2) is 24.3 Å². The van der Waals surface area contributed by atoms with Crippen molar-refractivity contribution >= 4 is 0 Å². The Morgan fingerprint density at radius 2 is 2.16 bits per heavy atom. The van der Waals surface area contributed by atoms with Crippen molar-refractivity contribution in [1.29, 1.82) is 0 Å². The molecule has 1 aromatic rings. The maximum Gasteiger partial charge on any atom is 0.119 e. The lowest BCUT2D eigenvalue weighted by atomic mass is 10.2. The average Bonchev–Trinajstić information content (AvgIpc) is 2.86. The van der Waals surface area contributed by atoms with Crippen LogP contribution in [0.5, 0.6) is 5.75 Å². The van der Waals surface area contributed by atoms with Crippen molar-refractivity contribution in [3.63, 3.8) is 0 Å². The Bertz CT molecular complexity index is 383. The molecule has 4 heteroatoms. The molecular weight excluding hydrogens is 242 g/mol. The Hall–Kier alpha value is -1.10. The SMILES string of the molecule is CNCC1CCC(COc2cccc(COC)c2)O1. The van der Waals surface area contributed by atoms with E-state index in [1.165, 1.54) is 0 Å². The van der Waals surface area contributed by atoms with E-state index in [-0.39, 0.29) is 6.10 Å². The Labute approximate surface area is 115 Å². The molecule has 0 spiro atoms. The fourth-order valence-electron chi connectivity index (χ4n) is 2.36. The molecule has 1 aliphatic heterocycles. The smallest absolute Gasteiger partial charge is 0.119 e. The Morgan fingerprint density at radius 3 is 2.95 bits per heavy atom. The van der Waals surface area contributed by atoms with Gasteiger partial charge < -0.3 is 19.5 Å². The number of ether oxygens (including phenoxy) is 3. The monoisotopic (exact) mass is 265 g/mol. The van der Waals surface area contributed by atoms with Crippen LogP contribution in [0.3, 0.4) is 0 Å². The highest BCUT2D eigenvalue weighted by atomic mass is 16.5. The second-order valence-electron chi connectivity index (χ2n) is 4.91. The van der Waals surface area contributed by atoms with E-state index >= 15 is 0 Å². The molecular formula is C15H23NO3. The first-order valence-electron chi connectivity index (χ1n) is 6.82. The second kappa shape index (κ2) is 7.48.